The first kappa shape index (κ1) is 12.2. The number of nitrogens with zero attached hydrogens (tertiary/aromatic N) is 1. The van der Waals surface area contributed by atoms with Crippen LogP contribution in [0.5, 0.6) is 5.75 Å². The van der Waals surface area contributed by atoms with Crippen molar-refractivity contribution in [1.82, 2.24) is 4.98 Å². The van der Waals surface area contributed by atoms with Crippen LogP contribution in [0.15, 0.2) is 18.3 Å². The summed E-state index contributed by atoms with van der Waals surface area (Å²) in [4.78, 5) is 4.35. The molecule has 0 bridgehead atoms. The molecule has 1 aromatic rings. The van der Waals surface area contributed by atoms with Gasteiger partial charge >= 0.3 is 0 Å². The Kier molecular flexibility index (Phi) is 3.87. The second-order valence-corrected chi connectivity index (χ2v) is 5.21. The van der Waals surface area contributed by atoms with Gasteiger partial charge in [0.15, 0.2) is 11.6 Å². The smallest absolute Gasteiger partial charge is 0.168 e. The number of pyridine rings is 1. The first-order valence-corrected chi connectivity index (χ1v) is 6.52. The topological polar surface area (TPSA) is 34.1 Å². The lowest BCUT2D eigenvalue weighted by molar-refractivity contribution is 0.243. The van der Waals surface area contributed by atoms with Crippen LogP contribution in [0.4, 0.5) is 5.82 Å². The maximum absolute atomic E-state index is 5.73. The second-order valence-electron chi connectivity index (χ2n) is 5.21. The zero-order valence-electron chi connectivity index (χ0n) is 10.9. The molecule has 1 N–H and O–H groups in total. The highest BCUT2D eigenvalue weighted by molar-refractivity contribution is 5.49. The molecule has 0 saturated heterocycles. The van der Waals surface area contributed by atoms with Gasteiger partial charge in [0.25, 0.3) is 0 Å². The van der Waals surface area contributed by atoms with Crippen LogP contribution in [0.2, 0.25) is 0 Å². The van der Waals surface area contributed by atoms with Crippen molar-refractivity contribution in [1.29, 1.82) is 0 Å². The van der Waals surface area contributed by atoms with E-state index in [9.17, 15) is 0 Å². The van der Waals surface area contributed by atoms with Gasteiger partial charge in [-0.1, -0.05) is 6.92 Å². The minimum atomic E-state index is 0.181. The van der Waals surface area contributed by atoms with Gasteiger partial charge in [0.2, 0.25) is 0 Å². The molecule has 94 valence electrons. The summed E-state index contributed by atoms with van der Waals surface area (Å²) in [6.07, 6.45) is 4.76. The van der Waals surface area contributed by atoms with Crippen LogP contribution in [-0.2, 0) is 0 Å². The van der Waals surface area contributed by atoms with Crippen LogP contribution in [0.25, 0.3) is 0 Å². The fraction of sp³-hybridized carbons (Fsp3) is 0.643. The summed E-state index contributed by atoms with van der Waals surface area (Å²) in [7, 11) is 0. The molecule has 1 aromatic heterocycles. The Morgan fingerprint density at radius 1 is 1.41 bits per heavy atom. The van der Waals surface area contributed by atoms with Crippen molar-refractivity contribution in [3.8, 4) is 5.75 Å². The highest BCUT2D eigenvalue weighted by Crippen LogP contribution is 2.36. The molecule has 1 aliphatic carbocycles. The van der Waals surface area contributed by atoms with E-state index in [1.807, 2.05) is 26.0 Å². The minimum absolute atomic E-state index is 0.181. The number of aromatic nitrogens is 1. The van der Waals surface area contributed by atoms with Crippen LogP contribution in [0.1, 0.15) is 33.6 Å². The third kappa shape index (κ3) is 3.62. The van der Waals surface area contributed by atoms with E-state index in [-0.39, 0.29) is 6.10 Å². The standard InChI is InChI=1S/C14H22N2O/c1-10(2)17-13-5-4-8-15-14(13)16-9-11(3)12-6-7-12/h4-5,8,10-12H,6-7,9H2,1-3H3,(H,15,16). The highest BCUT2D eigenvalue weighted by Gasteiger charge is 2.27. The van der Waals surface area contributed by atoms with Gasteiger partial charge in [-0.05, 0) is 50.7 Å². The van der Waals surface area contributed by atoms with Crippen LogP contribution < -0.4 is 10.1 Å². The van der Waals surface area contributed by atoms with Crippen LogP contribution in [-0.4, -0.2) is 17.6 Å². The van der Waals surface area contributed by atoms with Gasteiger partial charge < -0.3 is 10.1 Å². The Morgan fingerprint density at radius 2 is 2.18 bits per heavy atom. The van der Waals surface area contributed by atoms with Gasteiger partial charge in [-0.15, -0.1) is 0 Å². The molecule has 2 rings (SSSR count). The van der Waals surface area contributed by atoms with E-state index in [2.05, 4.69) is 17.2 Å². The van der Waals surface area contributed by atoms with Gasteiger partial charge in [0, 0.05) is 12.7 Å². The van der Waals surface area contributed by atoms with E-state index >= 15 is 0 Å². The van der Waals surface area contributed by atoms with E-state index in [0.717, 1.165) is 29.9 Å². The summed E-state index contributed by atoms with van der Waals surface area (Å²) in [6.45, 7) is 7.35. The molecule has 0 aliphatic heterocycles. The molecule has 1 aliphatic rings. The zero-order valence-corrected chi connectivity index (χ0v) is 10.9. The van der Waals surface area contributed by atoms with Crippen LogP contribution >= 0.6 is 0 Å². The van der Waals surface area contributed by atoms with Gasteiger partial charge in [-0.3, -0.25) is 0 Å². The van der Waals surface area contributed by atoms with Gasteiger partial charge in [0.1, 0.15) is 0 Å². The fourth-order valence-corrected chi connectivity index (χ4v) is 1.96. The van der Waals surface area contributed by atoms with Gasteiger partial charge in [-0.2, -0.15) is 0 Å². The van der Waals surface area contributed by atoms with Gasteiger partial charge in [0.05, 0.1) is 6.10 Å². The van der Waals surface area contributed by atoms with E-state index < -0.39 is 0 Å². The molecule has 0 spiro atoms. The molecule has 1 saturated carbocycles. The summed E-state index contributed by atoms with van der Waals surface area (Å²) in [6, 6.07) is 3.88. The van der Waals surface area contributed by atoms with Gasteiger partial charge in [-0.25, -0.2) is 4.98 Å². The molecule has 3 nitrogen and oxygen atoms in total. The summed E-state index contributed by atoms with van der Waals surface area (Å²) >= 11 is 0. The predicted molar refractivity (Wildman–Crippen MR) is 70.4 cm³/mol. The van der Waals surface area contributed by atoms with E-state index in [1.54, 1.807) is 6.20 Å². The number of rotatable bonds is 6. The van der Waals surface area contributed by atoms with Crippen molar-refractivity contribution in [3.05, 3.63) is 18.3 Å². The van der Waals surface area contributed by atoms with E-state index in [0.29, 0.717) is 0 Å². The van der Waals surface area contributed by atoms with E-state index in [4.69, 9.17) is 4.74 Å². The maximum Gasteiger partial charge on any atom is 0.168 e. The lowest BCUT2D eigenvalue weighted by Crippen LogP contribution is -2.15. The maximum atomic E-state index is 5.73. The fourth-order valence-electron chi connectivity index (χ4n) is 1.96. The molecule has 1 heterocycles. The lowest BCUT2D eigenvalue weighted by Gasteiger charge is -2.16. The molecule has 1 atom stereocenters. The largest absolute Gasteiger partial charge is 0.487 e. The summed E-state index contributed by atoms with van der Waals surface area (Å²) < 4.78 is 5.73. The van der Waals surface area contributed by atoms with Crippen molar-refractivity contribution >= 4 is 5.82 Å². The van der Waals surface area contributed by atoms with Crippen molar-refractivity contribution < 1.29 is 4.74 Å². The zero-order chi connectivity index (χ0) is 12.3. The lowest BCUT2D eigenvalue weighted by atomic mass is 10.1. The number of nitrogens with one attached hydrogen (secondary N) is 1. The Labute approximate surface area is 104 Å². The monoisotopic (exact) mass is 234 g/mol. The Morgan fingerprint density at radius 3 is 2.82 bits per heavy atom. The van der Waals surface area contributed by atoms with E-state index in [1.165, 1.54) is 12.8 Å². The third-order valence-electron chi connectivity index (χ3n) is 3.15. The number of hydrogen-bond donors (Lipinski definition) is 1. The summed E-state index contributed by atoms with van der Waals surface area (Å²) in [5, 5.41) is 3.40. The average molecular weight is 234 g/mol. The molecule has 0 aromatic carbocycles. The SMILES string of the molecule is CC(C)Oc1cccnc1NCC(C)C1CC1. The highest BCUT2D eigenvalue weighted by atomic mass is 16.5. The molecule has 1 fully saturated rings. The average Bonchev–Trinajstić information content (AvgIpc) is 3.10. The number of hydrogen-bond acceptors (Lipinski definition) is 3. The normalized spacial score (nSPS) is 16.9. The Bertz CT molecular complexity index is 361. The summed E-state index contributed by atoms with van der Waals surface area (Å²) in [5.41, 5.74) is 0. The molecular weight excluding hydrogens is 212 g/mol. The number of anilines is 1. The molecule has 0 amide bonds. The minimum Gasteiger partial charge on any atom is -0.487 e. The van der Waals surface area contributed by atoms with Crippen LogP contribution in [0.3, 0.4) is 0 Å². The molecular formula is C14H22N2O. The van der Waals surface area contributed by atoms with Crippen molar-refractivity contribution in [3.63, 3.8) is 0 Å². The Hall–Kier alpha value is -1.25. The summed E-state index contributed by atoms with van der Waals surface area (Å²) in [5.74, 6) is 3.36. The predicted octanol–water partition coefficient (Wildman–Crippen LogP) is 3.33. The molecule has 0 radical (unpaired) electrons. The molecule has 1 unspecified atom stereocenters. The van der Waals surface area contributed by atoms with Crippen molar-refractivity contribution in [2.45, 2.75) is 39.7 Å². The number of ether oxygens (including phenoxy) is 1. The van der Waals surface area contributed by atoms with Crippen molar-refractivity contribution in [2.75, 3.05) is 11.9 Å². The first-order chi connectivity index (χ1) is 8.16. The van der Waals surface area contributed by atoms with Crippen LogP contribution in [0, 0.1) is 11.8 Å². The first-order valence-electron chi connectivity index (χ1n) is 6.52. The van der Waals surface area contributed by atoms with Crippen molar-refractivity contribution in [2.24, 2.45) is 11.8 Å². The molecule has 3 heteroatoms. The second kappa shape index (κ2) is 5.39. The quantitative estimate of drug-likeness (QED) is 0.819. The third-order valence-corrected chi connectivity index (χ3v) is 3.15. The molecule has 17 heavy (non-hydrogen) atoms. The Balaban J connectivity index is 1.93.